The van der Waals surface area contributed by atoms with E-state index in [0.29, 0.717) is 40.8 Å². The number of hydrogen-bond acceptors (Lipinski definition) is 4. The molecule has 0 saturated heterocycles. The van der Waals surface area contributed by atoms with Gasteiger partial charge in [0.1, 0.15) is 0 Å². The molecule has 0 fully saturated rings. The molecule has 0 aromatic heterocycles. The fourth-order valence-electron chi connectivity index (χ4n) is 2.28. The maximum absolute atomic E-state index is 12.4. The van der Waals surface area contributed by atoms with Gasteiger partial charge < -0.3 is 20.1 Å². The van der Waals surface area contributed by atoms with Gasteiger partial charge in [0, 0.05) is 23.4 Å². The Morgan fingerprint density at radius 3 is 2.08 bits per heavy atom. The molecule has 0 unspecified atom stereocenters. The molecule has 0 atom stereocenters. The molecule has 0 bridgehead atoms. The van der Waals surface area contributed by atoms with Crippen molar-refractivity contribution in [3.05, 3.63) is 53.6 Å². The van der Waals surface area contributed by atoms with E-state index >= 15 is 0 Å². The first-order valence-corrected chi connectivity index (χ1v) is 8.36. The maximum Gasteiger partial charge on any atom is 0.255 e. The van der Waals surface area contributed by atoms with Crippen molar-refractivity contribution < 1.29 is 19.1 Å². The van der Waals surface area contributed by atoms with Crippen LogP contribution in [0.3, 0.4) is 0 Å². The molecular formula is C20H24N2O4. The predicted octanol–water partition coefficient (Wildman–Crippen LogP) is 3.34. The molecule has 2 rings (SSSR count). The van der Waals surface area contributed by atoms with Crippen LogP contribution in [-0.2, 0) is 0 Å². The Bertz CT molecular complexity index is 770. The highest BCUT2D eigenvalue weighted by Gasteiger charge is 2.12. The Hall–Kier alpha value is -3.02. The molecule has 138 valence electrons. The predicted molar refractivity (Wildman–Crippen MR) is 101 cm³/mol. The van der Waals surface area contributed by atoms with E-state index in [4.69, 9.17) is 9.47 Å². The normalized spacial score (nSPS) is 10.3. The first-order chi connectivity index (χ1) is 12.4. The summed E-state index contributed by atoms with van der Waals surface area (Å²) in [6, 6.07) is 11.7. The van der Waals surface area contributed by atoms with Crippen LogP contribution in [0.2, 0.25) is 0 Å². The highest BCUT2D eigenvalue weighted by atomic mass is 16.5. The fraction of sp³-hybridized carbons (Fsp3) is 0.300. The van der Waals surface area contributed by atoms with Gasteiger partial charge in [0.15, 0.2) is 11.5 Å². The lowest BCUT2D eigenvalue weighted by atomic mass is 10.1. The molecule has 26 heavy (non-hydrogen) atoms. The summed E-state index contributed by atoms with van der Waals surface area (Å²) in [5.41, 5.74) is 1.60. The minimum atomic E-state index is -0.275. The third-order valence-electron chi connectivity index (χ3n) is 3.72. The zero-order valence-electron chi connectivity index (χ0n) is 15.5. The van der Waals surface area contributed by atoms with E-state index in [1.807, 2.05) is 13.8 Å². The maximum atomic E-state index is 12.4. The zero-order valence-corrected chi connectivity index (χ0v) is 15.5. The summed E-state index contributed by atoms with van der Waals surface area (Å²) in [6.45, 7) is 4.69. The van der Waals surface area contributed by atoms with E-state index < -0.39 is 0 Å². The van der Waals surface area contributed by atoms with E-state index in [1.165, 1.54) is 14.2 Å². The smallest absolute Gasteiger partial charge is 0.255 e. The van der Waals surface area contributed by atoms with Crippen LogP contribution >= 0.6 is 0 Å². The van der Waals surface area contributed by atoms with Crippen LogP contribution < -0.4 is 20.1 Å². The summed E-state index contributed by atoms with van der Waals surface area (Å²) in [7, 11) is 3.05. The number of amides is 2. The standard InChI is InChI=1S/C20H24N2O4/c1-13(2)12-21-19(23)14-5-8-16(9-6-14)22-20(24)15-7-10-17(25-3)18(11-15)26-4/h5-11,13H,12H2,1-4H3,(H,21,23)(H,22,24). The number of benzene rings is 2. The highest BCUT2D eigenvalue weighted by Crippen LogP contribution is 2.27. The minimum Gasteiger partial charge on any atom is -0.493 e. The summed E-state index contributed by atoms with van der Waals surface area (Å²) in [6.07, 6.45) is 0. The number of carbonyl (C=O) groups excluding carboxylic acids is 2. The van der Waals surface area contributed by atoms with Crippen molar-refractivity contribution >= 4 is 17.5 Å². The average Bonchev–Trinajstić information content (AvgIpc) is 2.65. The summed E-state index contributed by atoms with van der Waals surface area (Å²) >= 11 is 0. The molecule has 0 saturated carbocycles. The zero-order chi connectivity index (χ0) is 19.1. The molecular weight excluding hydrogens is 332 g/mol. The van der Waals surface area contributed by atoms with Gasteiger partial charge in [-0.15, -0.1) is 0 Å². The Labute approximate surface area is 153 Å². The largest absolute Gasteiger partial charge is 0.493 e. The molecule has 2 aromatic carbocycles. The molecule has 0 spiro atoms. The van der Waals surface area contributed by atoms with Crippen LogP contribution in [0.15, 0.2) is 42.5 Å². The van der Waals surface area contributed by atoms with Crippen molar-refractivity contribution in [1.29, 1.82) is 0 Å². The van der Waals surface area contributed by atoms with Gasteiger partial charge >= 0.3 is 0 Å². The number of hydrogen-bond donors (Lipinski definition) is 2. The number of rotatable bonds is 7. The molecule has 6 heteroatoms. The molecule has 0 aliphatic rings. The second-order valence-corrected chi connectivity index (χ2v) is 6.21. The lowest BCUT2D eigenvalue weighted by molar-refractivity contribution is 0.0948. The Kier molecular flexibility index (Phi) is 6.60. The van der Waals surface area contributed by atoms with Gasteiger partial charge in [0.05, 0.1) is 14.2 Å². The number of anilines is 1. The van der Waals surface area contributed by atoms with Crippen LogP contribution in [0.5, 0.6) is 11.5 Å². The van der Waals surface area contributed by atoms with E-state index in [0.717, 1.165) is 0 Å². The number of ether oxygens (including phenoxy) is 2. The first kappa shape index (κ1) is 19.3. The van der Waals surface area contributed by atoms with Crippen LogP contribution in [0.4, 0.5) is 5.69 Å². The van der Waals surface area contributed by atoms with E-state index in [1.54, 1.807) is 42.5 Å². The Balaban J connectivity index is 2.04. The lowest BCUT2D eigenvalue weighted by Crippen LogP contribution is -2.27. The van der Waals surface area contributed by atoms with E-state index in [-0.39, 0.29) is 11.8 Å². The number of carbonyl (C=O) groups is 2. The molecule has 0 aliphatic carbocycles. The van der Waals surface area contributed by atoms with Crippen LogP contribution in [0, 0.1) is 5.92 Å². The van der Waals surface area contributed by atoms with Gasteiger partial charge in [-0.25, -0.2) is 0 Å². The Morgan fingerprint density at radius 2 is 1.50 bits per heavy atom. The van der Waals surface area contributed by atoms with Gasteiger partial charge in [-0.1, -0.05) is 13.8 Å². The summed E-state index contributed by atoms with van der Waals surface area (Å²) in [5, 5.41) is 5.65. The van der Waals surface area contributed by atoms with Gasteiger partial charge in [-0.3, -0.25) is 9.59 Å². The van der Waals surface area contributed by atoms with E-state index in [2.05, 4.69) is 10.6 Å². The van der Waals surface area contributed by atoms with Crippen molar-refractivity contribution in [3.8, 4) is 11.5 Å². The first-order valence-electron chi connectivity index (χ1n) is 8.36. The van der Waals surface area contributed by atoms with Gasteiger partial charge in [0.25, 0.3) is 11.8 Å². The molecule has 2 N–H and O–H groups in total. The van der Waals surface area contributed by atoms with Crippen molar-refractivity contribution in [1.82, 2.24) is 5.32 Å². The highest BCUT2D eigenvalue weighted by molar-refractivity contribution is 6.05. The third-order valence-corrected chi connectivity index (χ3v) is 3.72. The molecule has 0 aliphatic heterocycles. The third kappa shape index (κ3) is 4.99. The van der Waals surface area contributed by atoms with Gasteiger partial charge in [-0.2, -0.15) is 0 Å². The van der Waals surface area contributed by atoms with Crippen LogP contribution in [0.1, 0.15) is 34.6 Å². The number of nitrogens with one attached hydrogen (secondary N) is 2. The van der Waals surface area contributed by atoms with E-state index in [9.17, 15) is 9.59 Å². The van der Waals surface area contributed by atoms with Crippen molar-refractivity contribution in [2.24, 2.45) is 5.92 Å². The second-order valence-electron chi connectivity index (χ2n) is 6.21. The lowest BCUT2D eigenvalue weighted by Gasteiger charge is -2.11. The topological polar surface area (TPSA) is 76.7 Å². The summed E-state index contributed by atoms with van der Waals surface area (Å²) in [5.74, 6) is 1.02. The van der Waals surface area contributed by atoms with Crippen LogP contribution in [-0.4, -0.2) is 32.6 Å². The van der Waals surface area contributed by atoms with Gasteiger partial charge in [-0.05, 0) is 48.4 Å². The molecule has 0 radical (unpaired) electrons. The second kappa shape index (κ2) is 8.89. The molecule has 0 heterocycles. The van der Waals surface area contributed by atoms with Crippen LogP contribution in [0.25, 0.3) is 0 Å². The van der Waals surface area contributed by atoms with Crippen molar-refractivity contribution in [2.45, 2.75) is 13.8 Å². The summed E-state index contributed by atoms with van der Waals surface area (Å²) in [4.78, 5) is 24.4. The Morgan fingerprint density at radius 1 is 0.885 bits per heavy atom. The quantitative estimate of drug-likeness (QED) is 0.798. The monoisotopic (exact) mass is 356 g/mol. The number of methoxy groups -OCH3 is 2. The minimum absolute atomic E-state index is 0.128. The molecule has 2 aromatic rings. The molecule has 2 amide bonds. The SMILES string of the molecule is COc1ccc(C(=O)Nc2ccc(C(=O)NCC(C)C)cc2)cc1OC. The van der Waals surface area contributed by atoms with Crippen molar-refractivity contribution in [2.75, 3.05) is 26.1 Å². The van der Waals surface area contributed by atoms with Crippen molar-refractivity contribution in [3.63, 3.8) is 0 Å². The average molecular weight is 356 g/mol. The van der Waals surface area contributed by atoms with Gasteiger partial charge in [0.2, 0.25) is 0 Å². The molecule has 6 nitrogen and oxygen atoms in total. The fourth-order valence-corrected chi connectivity index (χ4v) is 2.28. The summed E-state index contributed by atoms with van der Waals surface area (Å²) < 4.78 is 10.4.